The molecule has 3 aromatic rings. The summed E-state index contributed by atoms with van der Waals surface area (Å²) in [5, 5.41) is 1.04. The van der Waals surface area contributed by atoms with Gasteiger partial charge in [0.15, 0.2) is 0 Å². The molecule has 0 aromatic heterocycles. The van der Waals surface area contributed by atoms with E-state index in [0.29, 0.717) is 36.2 Å². The van der Waals surface area contributed by atoms with E-state index in [2.05, 4.69) is 4.72 Å². The highest BCUT2D eigenvalue weighted by Gasteiger charge is 2.57. The lowest BCUT2D eigenvalue weighted by atomic mass is 9.70. The maximum atomic E-state index is 15.3. The van der Waals surface area contributed by atoms with Gasteiger partial charge in [-0.15, -0.1) is 0 Å². The molecule has 11 nitrogen and oxygen atoms in total. The molecule has 3 N–H and O–H groups in total. The number of carbonyl (C=O) groups is 2. The number of amides is 3. The number of ether oxygens (including phenoxy) is 1. The van der Waals surface area contributed by atoms with Crippen LogP contribution in [0.15, 0.2) is 70.6 Å². The molecule has 2 aliphatic heterocycles. The highest BCUT2D eigenvalue weighted by atomic mass is 35.5. The maximum absolute atomic E-state index is 15.3. The van der Waals surface area contributed by atoms with Crippen molar-refractivity contribution in [3.63, 3.8) is 0 Å². The van der Waals surface area contributed by atoms with E-state index >= 15 is 4.79 Å². The number of carbonyl (C=O) groups excluding carboxylic acids is 2. The van der Waals surface area contributed by atoms with Crippen LogP contribution in [-0.2, 0) is 20.4 Å². The minimum atomic E-state index is -4.15. The first kappa shape index (κ1) is 39.8. The molecule has 280 valence electrons. The van der Waals surface area contributed by atoms with E-state index in [9.17, 15) is 13.2 Å². The van der Waals surface area contributed by atoms with Gasteiger partial charge in [0.25, 0.3) is 0 Å². The van der Waals surface area contributed by atoms with Gasteiger partial charge in [-0.3, -0.25) is 19.6 Å². The first-order chi connectivity index (χ1) is 24.4. The molecular weight excluding hydrogens is 747 g/mol. The van der Waals surface area contributed by atoms with Gasteiger partial charge in [0.05, 0.1) is 29.8 Å². The van der Waals surface area contributed by atoms with Crippen LogP contribution >= 0.6 is 34.8 Å². The zero-order valence-electron chi connectivity index (χ0n) is 30.1. The van der Waals surface area contributed by atoms with Crippen LogP contribution in [0.4, 0.5) is 4.79 Å². The largest absolute Gasteiger partial charge is 0.493 e. The highest BCUT2D eigenvalue weighted by molar-refractivity contribution is 7.89. The zero-order valence-corrected chi connectivity index (χ0v) is 33.2. The molecule has 3 amide bonds. The molecule has 1 saturated heterocycles. The summed E-state index contributed by atoms with van der Waals surface area (Å²) in [4.78, 5) is 37.4. The molecule has 3 aromatic carbocycles. The van der Waals surface area contributed by atoms with E-state index < -0.39 is 39.0 Å². The second-order valence-electron chi connectivity index (χ2n) is 14.1. The van der Waals surface area contributed by atoms with E-state index in [1.807, 2.05) is 43.0 Å². The van der Waals surface area contributed by atoms with Gasteiger partial charge < -0.3 is 15.4 Å². The molecular formula is C37H45Cl3N6O5S. The summed E-state index contributed by atoms with van der Waals surface area (Å²) in [6.07, 6.45) is 0. The summed E-state index contributed by atoms with van der Waals surface area (Å²) in [6.45, 7) is 12.8. The summed E-state index contributed by atoms with van der Waals surface area (Å²) in [6, 6.07) is 16.8. The summed E-state index contributed by atoms with van der Waals surface area (Å²) < 4.78 is 36.4. The van der Waals surface area contributed by atoms with Gasteiger partial charge in [0, 0.05) is 53.7 Å². The third-order valence-corrected chi connectivity index (χ3v) is 12.1. The number of amidine groups is 1. The molecule has 0 aliphatic carbocycles. The van der Waals surface area contributed by atoms with E-state index in [0.717, 1.165) is 11.1 Å². The second kappa shape index (κ2) is 15.5. The molecule has 2 heterocycles. The normalized spacial score (nSPS) is 20.5. The molecule has 0 saturated carbocycles. The minimum Gasteiger partial charge on any atom is -0.493 e. The third kappa shape index (κ3) is 8.07. The molecule has 0 unspecified atom stereocenters. The Labute approximate surface area is 321 Å². The Kier molecular flexibility index (Phi) is 11.9. The van der Waals surface area contributed by atoms with Crippen LogP contribution in [0.2, 0.25) is 15.1 Å². The molecule has 15 heteroatoms. The number of urea groups is 1. The van der Waals surface area contributed by atoms with Crippen molar-refractivity contribution in [1.82, 2.24) is 19.4 Å². The molecule has 2 aliphatic rings. The lowest BCUT2D eigenvalue weighted by Gasteiger charge is -2.48. The number of benzene rings is 3. The quantitative estimate of drug-likeness (QED) is 0.241. The number of nitrogens with one attached hydrogen (secondary N) is 1. The van der Waals surface area contributed by atoms with E-state index in [-0.39, 0.29) is 46.2 Å². The van der Waals surface area contributed by atoms with Crippen molar-refractivity contribution >= 4 is 62.6 Å². The van der Waals surface area contributed by atoms with Crippen molar-refractivity contribution < 1.29 is 22.7 Å². The molecule has 0 radical (unpaired) electrons. The van der Waals surface area contributed by atoms with Crippen molar-refractivity contribution in [3.8, 4) is 5.75 Å². The van der Waals surface area contributed by atoms with Crippen LogP contribution in [0.5, 0.6) is 5.75 Å². The van der Waals surface area contributed by atoms with Crippen LogP contribution < -0.4 is 15.2 Å². The number of sulfonamides is 1. The van der Waals surface area contributed by atoms with Crippen molar-refractivity contribution in [2.24, 2.45) is 10.7 Å². The lowest BCUT2D eigenvalue weighted by molar-refractivity contribution is -0.119. The van der Waals surface area contributed by atoms with Crippen LogP contribution in [-0.4, -0.2) is 91.8 Å². The number of hydrogen-bond acceptors (Lipinski definition) is 7. The standard InChI is InChI=1S/C37H45Cl3N6O5S/c1-7-51-31-21-30(40)32(52(49,50)43-36(4,5)6)20-29(31)34-42-24(3)37(26-10-14-28(39)15-11-26,23(2)25-8-12-27(38)13-9-25)46(34)35(48)45-18-16-44(17-19-45)22-33(41)47/h8-15,20-21,23-24,43H,7,16-19,22H2,1-6H3,(H2,41,47)/t23-,24-,37+/m1/s1. The Balaban J connectivity index is 1.78. The molecule has 0 bridgehead atoms. The van der Waals surface area contributed by atoms with E-state index in [1.165, 1.54) is 12.1 Å². The smallest absolute Gasteiger partial charge is 0.326 e. The maximum Gasteiger partial charge on any atom is 0.326 e. The number of nitrogens with two attached hydrogens (primary N) is 1. The third-order valence-electron chi connectivity index (χ3n) is 9.39. The van der Waals surface area contributed by atoms with E-state index in [4.69, 9.17) is 50.3 Å². The predicted molar refractivity (Wildman–Crippen MR) is 206 cm³/mol. The average Bonchev–Trinajstić information content (AvgIpc) is 3.36. The Morgan fingerprint density at radius 3 is 2.12 bits per heavy atom. The SMILES string of the molecule is CCOc1cc(Cl)c(S(=O)(=O)NC(C)(C)C)cc1C1=N[C@H](C)[C@](c2ccc(Cl)cc2)([C@H](C)c2ccc(Cl)cc2)N1C(=O)N1CCN(CC(N)=O)CC1. The highest BCUT2D eigenvalue weighted by Crippen LogP contribution is 2.51. The van der Waals surface area contributed by atoms with Crippen molar-refractivity contribution in [1.29, 1.82) is 0 Å². The molecule has 5 rings (SSSR count). The van der Waals surface area contributed by atoms with Crippen molar-refractivity contribution in [2.45, 2.75) is 69.5 Å². The fraction of sp³-hybridized carbons (Fsp3) is 0.432. The number of piperazine rings is 1. The Morgan fingerprint density at radius 1 is 1.00 bits per heavy atom. The summed E-state index contributed by atoms with van der Waals surface area (Å²) in [5.74, 6) is -0.349. The predicted octanol–water partition coefficient (Wildman–Crippen LogP) is 6.50. The summed E-state index contributed by atoms with van der Waals surface area (Å²) >= 11 is 19.4. The number of aliphatic imine (C=N–C) groups is 1. The van der Waals surface area contributed by atoms with Gasteiger partial charge in [0.2, 0.25) is 15.9 Å². The van der Waals surface area contributed by atoms with Crippen molar-refractivity contribution in [3.05, 3.63) is 92.4 Å². The Bertz CT molecular complexity index is 1950. The fourth-order valence-electron chi connectivity index (χ4n) is 7.15. The number of rotatable bonds is 10. The topological polar surface area (TPSA) is 138 Å². The Hall–Kier alpha value is -3.39. The summed E-state index contributed by atoms with van der Waals surface area (Å²) in [5.41, 5.74) is 5.45. The second-order valence-corrected chi connectivity index (χ2v) is 17.1. The molecule has 1 fully saturated rings. The lowest BCUT2D eigenvalue weighted by Crippen LogP contribution is -2.61. The number of nitrogens with zero attached hydrogens (tertiary/aromatic N) is 4. The monoisotopic (exact) mass is 790 g/mol. The number of hydrogen-bond donors (Lipinski definition) is 2. The summed E-state index contributed by atoms with van der Waals surface area (Å²) in [7, 11) is -4.15. The van der Waals surface area contributed by atoms with Gasteiger partial charge in [-0.25, -0.2) is 17.9 Å². The first-order valence-corrected chi connectivity index (χ1v) is 19.7. The van der Waals surface area contributed by atoms with Crippen LogP contribution in [0.1, 0.15) is 64.2 Å². The first-order valence-electron chi connectivity index (χ1n) is 17.1. The van der Waals surface area contributed by atoms with Gasteiger partial charge in [-0.2, -0.15) is 0 Å². The zero-order chi connectivity index (χ0) is 38.2. The molecule has 3 atom stereocenters. The molecule has 52 heavy (non-hydrogen) atoms. The molecule has 0 spiro atoms. The number of primary amides is 1. The van der Waals surface area contributed by atoms with Crippen molar-refractivity contribution in [2.75, 3.05) is 39.3 Å². The van der Waals surface area contributed by atoms with Crippen LogP contribution in [0, 0.1) is 0 Å². The van der Waals surface area contributed by atoms with Gasteiger partial charge >= 0.3 is 6.03 Å². The van der Waals surface area contributed by atoms with Gasteiger partial charge in [0.1, 0.15) is 22.0 Å². The van der Waals surface area contributed by atoms with Gasteiger partial charge in [-0.1, -0.05) is 66.0 Å². The minimum absolute atomic E-state index is 0.0439. The van der Waals surface area contributed by atoms with Crippen LogP contribution in [0.3, 0.4) is 0 Å². The fourth-order valence-corrected chi connectivity index (χ4v) is 9.36. The van der Waals surface area contributed by atoms with E-state index in [1.54, 1.807) is 61.8 Å². The van der Waals surface area contributed by atoms with Gasteiger partial charge in [-0.05, 0) is 76.1 Å². The van der Waals surface area contributed by atoms with Crippen LogP contribution in [0.25, 0.3) is 0 Å². The number of halogens is 3. The average molecular weight is 792 g/mol. The Morgan fingerprint density at radius 2 is 1.58 bits per heavy atom.